The van der Waals surface area contributed by atoms with Gasteiger partial charge in [0.1, 0.15) is 6.04 Å². The molecule has 0 radical (unpaired) electrons. The van der Waals surface area contributed by atoms with Crippen LogP contribution in [0.1, 0.15) is 18.9 Å². The van der Waals surface area contributed by atoms with Crippen LogP contribution in [0.15, 0.2) is 36.4 Å². The van der Waals surface area contributed by atoms with Gasteiger partial charge in [-0.1, -0.05) is 30.3 Å². The van der Waals surface area contributed by atoms with E-state index in [2.05, 4.69) is 5.32 Å². The van der Waals surface area contributed by atoms with E-state index in [9.17, 15) is 18.0 Å². The number of carbonyl (C=O) groups is 2. The topological polar surface area (TPSA) is 83.6 Å². The minimum Gasteiger partial charge on any atom is -0.341 e. The standard InChI is InChI=1S/C17H22N2O4S/c1-13(17(21)19(2)15-10-11-24(22,23)12-15)18-16(20)9-8-14-6-4-3-5-7-14/h3-9,13,15H,10-12H2,1-2H3,(H,18,20)/b9-8+. The van der Waals surface area contributed by atoms with Gasteiger partial charge in [-0.2, -0.15) is 0 Å². The van der Waals surface area contributed by atoms with E-state index in [-0.39, 0.29) is 29.4 Å². The van der Waals surface area contributed by atoms with E-state index >= 15 is 0 Å². The Morgan fingerprint density at radius 3 is 2.54 bits per heavy atom. The SMILES string of the molecule is CC(NC(=O)/C=C/c1ccccc1)C(=O)N(C)C1CCS(=O)(=O)C1. The summed E-state index contributed by atoms with van der Waals surface area (Å²) in [5, 5.41) is 2.61. The monoisotopic (exact) mass is 350 g/mol. The number of nitrogens with one attached hydrogen (secondary N) is 1. The molecule has 2 amide bonds. The van der Waals surface area contributed by atoms with Crippen LogP contribution in [-0.4, -0.2) is 55.8 Å². The van der Waals surface area contributed by atoms with E-state index in [4.69, 9.17) is 0 Å². The highest BCUT2D eigenvalue weighted by molar-refractivity contribution is 7.91. The first-order valence-electron chi connectivity index (χ1n) is 7.79. The van der Waals surface area contributed by atoms with E-state index in [1.54, 1.807) is 20.0 Å². The highest BCUT2D eigenvalue weighted by Crippen LogP contribution is 2.17. The molecule has 1 aromatic rings. The summed E-state index contributed by atoms with van der Waals surface area (Å²) in [6.07, 6.45) is 3.48. The van der Waals surface area contributed by atoms with Crippen molar-refractivity contribution in [3.8, 4) is 0 Å². The molecule has 130 valence electrons. The number of likely N-dealkylation sites (N-methyl/N-ethyl adjacent to an activating group) is 1. The molecule has 24 heavy (non-hydrogen) atoms. The Balaban J connectivity index is 1.89. The summed E-state index contributed by atoms with van der Waals surface area (Å²) in [6, 6.07) is 8.33. The van der Waals surface area contributed by atoms with E-state index in [1.807, 2.05) is 30.3 Å². The fourth-order valence-corrected chi connectivity index (χ4v) is 4.40. The Kier molecular flexibility index (Phi) is 5.77. The lowest BCUT2D eigenvalue weighted by Gasteiger charge is -2.26. The summed E-state index contributed by atoms with van der Waals surface area (Å²) in [6.45, 7) is 1.59. The molecule has 1 N–H and O–H groups in total. The predicted octanol–water partition coefficient (Wildman–Crippen LogP) is 0.850. The second-order valence-electron chi connectivity index (χ2n) is 5.98. The van der Waals surface area contributed by atoms with Gasteiger partial charge in [-0.3, -0.25) is 9.59 Å². The molecule has 1 aliphatic rings. The quantitative estimate of drug-likeness (QED) is 0.798. The third-order valence-corrected chi connectivity index (χ3v) is 5.81. The molecule has 1 fully saturated rings. The smallest absolute Gasteiger partial charge is 0.244 e. The van der Waals surface area contributed by atoms with Crippen molar-refractivity contribution in [2.75, 3.05) is 18.6 Å². The van der Waals surface area contributed by atoms with Crippen molar-refractivity contribution >= 4 is 27.7 Å². The van der Waals surface area contributed by atoms with Gasteiger partial charge in [0.15, 0.2) is 9.84 Å². The summed E-state index contributed by atoms with van der Waals surface area (Å²) in [4.78, 5) is 25.7. The van der Waals surface area contributed by atoms with Crippen molar-refractivity contribution in [1.82, 2.24) is 10.2 Å². The van der Waals surface area contributed by atoms with Gasteiger partial charge < -0.3 is 10.2 Å². The average molecular weight is 350 g/mol. The van der Waals surface area contributed by atoms with Gasteiger partial charge in [0.25, 0.3) is 0 Å². The fraction of sp³-hybridized carbons (Fsp3) is 0.412. The molecule has 1 heterocycles. The molecule has 0 spiro atoms. The zero-order valence-corrected chi connectivity index (χ0v) is 14.6. The molecule has 0 bridgehead atoms. The molecule has 0 saturated carbocycles. The summed E-state index contributed by atoms with van der Waals surface area (Å²) in [5.41, 5.74) is 0.889. The molecule has 2 unspecified atom stereocenters. The Morgan fingerprint density at radius 1 is 1.29 bits per heavy atom. The van der Waals surface area contributed by atoms with Crippen molar-refractivity contribution in [3.05, 3.63) is 42.0 Å². The van der Waals surface area contributed by atoms with Gasteiger partial charge in [0.05, 0.1) is 11.5 Å². The van der Waals surface area contributed by atoms with E-state index in [0.29, 0.717) is 6.42 Å². The Morgan fingerprint density at radius 2 is 1.96 bits per heavy atom. The van der Waals surface area contributed by atoms with Crippen molar-refractivity contribution in [2.45, 2.75) is 25.4 Å². The van der Waals surface area contributed by atoms with Crippen LogP contribution in [0.4, 0.5) is 0 Å². The summed E-state index contributed by atoms with van der Waals surface area (Å²) in [5.74, 6) is -0.565. The number of sulfone groups is 1. The van der Waals surface area contributed by atoms with Crippen molar-refractivity contribution in [3.63, 3.8) is 0 Å². The lowest BCUT2D eigenvalue weighted by Crippen LogP contribution is -2.49. The average Bonchev–Trinajstić information content (AvgIpc) is 2.92. The molecule has 0 aliphatic carbocycles. The third kappa shape index (κ3) is 4.92. The summed E-state index contributed by atoms with van der Waals surface area (Å²) in [7, 11) is -1.47. The van der Waals surface area contributed by atoms with Crippen LogP contribution in [0.5, 0.6) is 0 Å². The van der Waals surface area contributed by atoms with Crippen LogP contribution < -0.4 is 5.32 Å². The largest absolute Gasteiger partial charge is 0.341 e. The van der Waals surface area contributed by atoms with Gasteiger partial charge >= 0.3 is 0 Å². The molecular formula is C17H22N2O4S. The van der Waals surface area contributed by atoms with Crippen molar-refractivity contribution in [1.29, 1.82) is 0 Å². The van der Waals surface area contributed by atoms with Gasteiger partial charge in [-0.05, 0) is 25.0 Å². The lowest BCUT2D eigenvalue weighted by atomic mass is 10.2. The number of hydrogen-bond acceptors (Lipinski definition) is 4. The molecule has 0 aromatic heterocycles. The first-order chi connectivity index (χ1) is 11.3. The maximum Gasteiger partial charge on any atom is 0.244 e. The maximum atomic E-state index is 12.3. The first kappa shape index (κ1) is 18.2. The van der Waals surface area contributed by atoms with E-state index in [0.717, 1.165) is 5.56 Å². The minimum atomic E-state index is -3.05. The van der Waals surface area contributed by atoms with Gasteiger partial charge in [-0.15, -0.1) is 0 Å². The number of carbonyl (C=O) groups excluding carboxylic acids is 2. The fourth-order valence-electron chi connectivity index (χ4n) is 2.63. The van der Waals surface area contributed by atoms with Crippen LogP contribution in [0.3, 0.4) is 0 Å². The zero-order chi connectivity index (χ0) is 17.7. The second-order valence-corrected chi connectivity index (χ2v) is 8.21. The molecule has 7 heteroatoms. The predicted molar refractivity (Wildman–Crippen MR) is 92.9 cm³/mol. The maximum absolute atomic E-state index is 12.3. The Bertz CT molecular complexity index is 728. The van der Waals surface area contributed by atoms with E-state index < -0.39 is 15.9 Å². The summed E-state index contributed by atoms with van der Waals surface area (Å²) < 4.78 is 23.0. The molecule has 6 nitrogen and oxygen atoms in total. The third-order valence-electron chi connectivity index (χ3n) is 4.06. The molecular weight excluding hydrogens is 328 g/mol. The van der Waals surface area contributed by atoms with Crippen LogP contribution in [0.2, 0.25) is 0 Å². The number of hydrogen-bond donors (Lipinski definition) is 1. The van der Waals surface area contributed by atoms with Gasteiger partial charge in [0.2, 0.25) is 11.8 Å². The van der Waals surface area contributed by atoms with E-state index in [1.165, 1.54) is 11.0 Å². The van der Waals surface area contributed by atoms with Crippen LogP contribution >= 0.6 is 0 Å². The molecule has 2 rings (SSSR count). The normalized spacial score (nSPS) is 20.7. The number of nitrogens with zero attached hydrogens (tertiary/aromatic N) is 1. The second kappa shape index (κ2) is 7.61. The van der Waals surface area contributed by atoms with Crippen molar-refractivity contribution < 1.29 is 18.0 Å². The molecule has 2 atom stereocenters. The highest BCUT2D eigenvalue weighted by atomic mass is 32.2. The Hall–Kier alpha value is -2.15. The number of rotatable bonds is 5. The molecule has 1 saturated heterocycles. The molecule has 1 aromatic carbocycles. The van der Waals surface area contributed by atoms with Crippen LogP contribution in [-0.2, 0) is 19.4 Å². The molecule has 1 aliphatic heterocycles. The van der Waals surface area contributed by atoms with Crippen LogP contribution in [0, 0.1) is 0 Å². The Labute approximate surface area is 142 Å². The highest BCUT2D eigenvalue weighted by Gasteiger charge is 2.34. The zero-order valence-electron chi connectivity index (χ0n) is 13.8. The van der Waals surface area contributed by atoms with Crippen LogP contribution in [0.25, 0.3) is 6.08 Å². The number of amides is 2. The lowest BCUT2D eigenvalue weighted by molar-refractivity contribution is -0.135. The number of benzene rings is 1. The van der Waals surface area contributed by atoms with Gasteiger partial charge in [0, 0.05) is 19.2 Å². The minimum absolute atomic E-state index is 0.0101. The summed E-state index contributed by atoms with van der Waals surface area (Å²) >= 11 is 0. The first-order valence-corrected chi connectivity index (χ1v) is 9.61. The van der Waals surface area contributed by atoms with Gasteiger partial charge in [-0.25, -0.2) is 8.42 Å². The van der Waals surface area contributed by atoms with Crippen molar-refractivity contribution in [2.24, 2.45) is 0 Å².